The van der Waals surface area contributed by atoms with Gasteiger partial charge in [-0.15, -0.1) is 0 Å². The van der Waals surface area contributed by atoms with Crippen molar-refractivity contribution in [1.82, 2.24) is 9.78 Å². The van der Waals surface area contributed by atoms with Crippen molar-refractivity contribution < 1.29 is 18.9 Å². The highest BCUT2D eigenvalue weighted by Gasteiger charge is 2.60. The van der Waals surface area contributed by atoms with Gasteiger partial charge in [0.1, 0.15) is 24.4 Å². The van der Waals surface area contributed by atoms with Crippen LogP contribution >= 0.6 is 0 Å². The van der Waals surface area contributed by atoms with E-state index in [1.54, 1.807) is 6.20 Å². The van der Waals surface area contributed by atoms with E-state index >= 15 is 0 Å². The van der Waals surface area contributed by atoms with Crippen molar-refractivity contribution in [3.05, 3.63) is 18.5 Å². The maximum Gasteiger partial charge on any atom is 0.190 e. The molecule has 0 amide bonds. The molecule has 0 saturated carbocycles. The Morgan fingerprint density at radius 1 is 1.22 bits per heavy atom. The lowest BCUT2D eigenvalue weighted by Gasteiger charge is -2.22. The standard InChI is InChI=1S/C12H16N2O4/c1-12(2)17-10-9-8(16-11(10)18-12)7(6-15-9)14-5-3-4-13-14/h3-5,7-11H,6H2,1-2H3/t7-,8+,9+,10+,11+/m1/s1. The number of nitrogens with zero attached hydrogens (tertiary/aromatic N) is 2. The third-order valence-corrected chi connectivity index (χ3v) is 3.73. The second-order valence-corrected chi connectivity index (χ2v) is 5.42. The van der Waals surface area contributed by atoms with E-state index in [4.69, 9.17) is 18.9 Å². The fraction of sp³-hybridized carbons (Fsp3) is 0.750. The normalized spacial score (nSPS) is 45.1. The minimum atomic E-state index is -0.590. The molecule has 0 aliphatic carbocycles. The topological polar surface area (TPSA) is 54.7 Å². The molecule has 0 radical (unpaired) electrons. The summed E-state index contributed by atoms with van der Waals surface area (Å²) >= 11 is 0. The second-order valence-electron chi connectivity index (χ2n) is 5.42. The zero-order chi connectivity index (χ0) is 12.3. The molecule has 98 valence electrons. The SMILES string of the molecule is CC1(C)O[C@@H]2O[C@@H]3[C@H](OC[C@H]3n3cccn3)[C@@H]2O1. The molecule has 3 saturated heterocycles. The van der Waals surface area contributed by atoms with Crippen LogP contribution in [0.3, 0.4) is 0 Å². The molecule has 0 aromatic carbocycles. The fourth-order valence-corrected chi connectivity index (χ4v) is 3.01. The predicted octanol–water partition coefficient (Wildman–Crippen LogP) is 0.699. The first-order chi connectivity index (χ1) is 8.64. The number of fused-ring (bicyclic) bond motifs is 3. The Morgan fingerprint density at radius 2 is 2.11 bits per heavy atom. The van der Waals surface area contributed by atoms with Crippen LogP contribution in [0.1, 0.15) is 19.9 Å². The van der Waals surface area contributed by atoms with Crippen LogP contribution in [0.5, 0.6) is 0 Å². The molecule has 1 aromatic rings. The molecule has 3 fully saturated rings. The van der Waals surface area contributed by atoms with Gasteiger partial charge >= 0.3 is 0 Å². The summed E-state index contributed by atoms with van der Waals surface area (Å²) in [6.45, 7) is 4.39. The number of hydrogen-bond acceptors (Lipinski definition) is 5. The van der Waals surface area contributed by atoms with Crippen LogP contribution < -0.4 is 0 Å². The Labute approximate surface area is 105 Å². The average Bonchev–Trinajstić information content (AvgIpc) is 2.97. The van der Waals surface area contributed by atoms with E-state index in [-0.39, 0.29) is 30.6 Å². The molecular formula is C12H16N2O4. The van der Waals surface area contributed by atoms with Crippen molar-refractivity contribution in [2.75, 3.05) is 6.61 Å². The van der Waals surface area contributed by atoms with Crippen LogP contribution in [0, 0.1) is 0 Å². The molecule has 6 nitrogen and oxygen atoms in total. The van der Waals surface area contributed by atoms with E-state index in [1.165, 1.54) is 0 Å². The first-order valence-corrected chi connectivity index (χ1v) is 6.26. The van der Waals surface area contributed by atoms with Crippen LogP contribution in [0.15, 0.2) is 18.5 Å². The summed E-state index contributed by atoms with van der Waals surface area (Å²) in [5, 5.41) is 4.26. The van der Waals surface area contributed by atoms with Crippen molar-refractivity contribution in [2.24, 2.45) is 0 Å². The quantitative estimate of drug-likeness (QED) is 0.736. The van der Waals surface area contributed by atoms with Crippen LogP contribution in [0.4, 0.5) is 0 Å². The van der Waals surface area contributed by atoms with Gasteiger partial charge in [-0.3, -0.25) is 4.68 Å². The van der Waals surface area contributed by atoms with Crippen molar-refractivity contribution in [1.29, 1.82) is 0 Å². The largest absolute Gasteiger partial charge is 0.370 e. The Kier molecular flexibility index (Phi) is 2.15. The zero-order valence-corrected chi connectivity index (χ0v) is 10.4. The third kappa shape index (κ3) is 1.46. The van der Waals surface area contributed by atoms with Gasteiger partial charge in [-0.2, -0.15) is 5.10 Å². The maximum absolute atomic E-state index is 5.95. The van der Waals surface area contributed by atoms with Gasteiger partial charge < -0.3 is 18.9 Å². The van der Waals surface area contributed by atoms with E-state index in [0.717, 1.165) is 0 Å². The minimum absolute atomic E-state index is 0.0454. The smallest absolute Gasteiger partial charge is 0.190 e. The molecule has 0 bridgehead atoms. The molecule has 4 heterocycles. The van der Waals surface area contributed by atoms with Gasteiger partial charge in [0.15, 0.2) is 12.1 Å². The van der Waals surface area contributed by atoms with E-state index < -0.39 is 5.79 Å². The van der Waals surface area contributed by atoms with Gasteiger partial charge in [-0.1, -0.05) is 0 Å². The number of ether oxygens (including phenoxy) is 4. The molecule has 0 unspecified atom stereocenters. The number of aromatic nitrogens is 2. The van der Waals surface area contributed by atoms with Gasteiger partial charge in [-0.25, -0.2) is 0 Å². The molecular weight excluding hydrogens is 236 g/mol. The summed E-state index contributed by atoms with van der Waals surface area (Å²) < 4.78 is 25.2. The van der Waals surface area contributed by atoms with Crippen LogP contribution in [0.25, 0.3) is 0 Å². The molecule has 3 aliphatic rings. The number of hydrogen-bond donors (Lipinski definition) is 0. The summed E-state index contributed by atoms with van der Waals surface area (Å²) in [6.07, 6.45) is 3.12. The molecule has 0 N–H and O–H groups in total. The molecule has 6 heteroatoms. The van der Waals surface area contributed by atoms with E-state index in [0.29, 0.717) is 6.61 Å². The monoisotopic (exact) mass is 252 g/mol. The number of rotatable bonds is 1. The van der Waals surface area contributed by atoms with Crippen molar-refractivity contribution in [2.45, 2.75) is 50.3 Å². The summed E-state index contributed by atoms with van der Waals surface area (Å²) in [5.41, 5.74) is 0. The first-order valence-electron chi connectivity index (χ1n) is 6.26. The summed E-state index contributed by atoms with van der Waals surface area (Å²) in [6, 6.07) is 2.00. The van der Waals surface area contributed by atoms with E-state index in [2.05, 4.69) is 5.10 Å². The highest BCUT2D eigenvalue weighted by molar-refractivity contribution is 5.02. The molecule has 18 heavy (non-hydrogen) atoms. The highest BCUT2D eigenvalue weighted by atomic mass is 16.8. The molecule has 3 aliphatic heterocycles. The second kappa shape index (κ2) is 3.54. The van der Waals surface area contributed by atoms with Gasteiger partial charge in [0.2, 0.25) is 0 Å². The summed E-state index contributed by atoms with van der Waals surface area (Å²) in [7, 11) is 0. The lowest BCUT2D eigenvalue weighted by atomic mass is 10.1. The highest BCUT2D eigenvalue weighted by Crippen LogP contribution is 2.44. The van der Waals surface area contributed by atoms with E-state index in [1.807, 2.05) is 30.8 Å². The molecule has 1 aromatic heterocycles. The Bertz CT molecular complexity index is 447. The average molecular weight is 252 g/mol. The lowest BCUT2D eigenvalue weighted by molar-refractivity contribution is -0.211. The molecule has 5 atom stereocenters. The summed E-state index contributed by atoms with van der Waals surface area (Å²) in [5.74, 6) is -0.590. The van der Waals surface area contributed by atoms with Crippen molar-refractivity contribution in [3.8, 4) is 0 Å². The Hall–Kier alpha value is -0.950. The van der Waals surface area contributed by atoms with Crippen LogP contribution in [-0.4, -0.2) is 46.8 Å². The fourth-order valence-electron chi connectivity index (χ4n) is 3.01. The molecule has 0 spiro atoms. The van der Waals surface area contributed by atoms with E-state index in [9.17, 15) is 0 Å². The first kappa shape index (κ1) is 10.9. The Morgan fingerprint density at radius 3 is 2.89 bits per heavy atom. The predicted molar refractivity (Wildman–Crippen MR) is 59.7 cm³/mol. The lowest BCUT2D eigenvalue weighted by Crippen LogP contribution is -2.34. The van der Waals surface area contributed by atoms with Gasteiger partial charge in [0.25, 0.3) is 0 Å². The van der Waals surface area contributed by atoms with Crippen molar-refractivity contribution >= 4 is 0 Å². The van der Waals surface area contributed by atoms with Gasteiger partial charge in [-0.05, 0) is 19.9 Å². The van der Waals surface area contributed by atoms with Gasteiger partial charge in [0.05, 0.1) is 6.61 Å². The van der Waals surface area contributed by atoms with Crippen LogP contribution in [-0.2, 0) is 18.9 Å². The Balaban J connectivity index is 1.57. The van der Waals surface area contributed by atoms with Gasteiger partial charge in [0, 0.05) is 12.4 Å². The van der Waals surface area contributed by atoms with Crippen molar-refractivity contribution in [3.63, 3.8) is 0 Å². The summed E-state index contributed by atoms with van der Waals surface area (Å²) in [4.78, 5) is 0. The zero-order valence-electron chi connectivity index (χ0n) is 10.4. The minimum Gasteiger partial charge on any atom is -0.370 e. The molecule has 4 rings (SSSR count). The third-order valence-electron chi connectivity index (χ3n) is 3.73. The maximum atomic E-state index is 5.95. The van der Waals surface area contributed by atoms with Crippen LogP contribution in [0.2, 0.25) is 0 Å².